The molecule has 3 rings (SSSR count). The van der Waals surface area contributed by atoms with Crippen molar-refractivity contribution < 1.29 is 18.3 Å². The Morgan fingerprint density at radius 3 is 2.56 bits per heavy atom. The van der Waals surface area contributed by atoms with E-state index in [0.717, 1.165) is 16.9 Å². The smallest absolute Gasteiger partial charge is 0.387 e. The van der Waals surface area contributed by atoms with Gasteiger partial charge in [-0.25, -0.2) is 4.99 Å². The predicted octanol–water partition coefficient (Wildman–Crippen LogP) is 3.50. The second-order valence-electron chi connectivity index (χ2n) is 6.51. The number of rotatable bonds is 6. The van der Waals surface area contributed by atoms with Crippen molar-refractivity contribution in [3.63, 3.8) is 0 Å². The Balaban J connectivity index is 2.10. The first-order valence-corrected chi connectivity index (χ1v) is 8.71. The lowest BCUT2D eigenvalue weighted by molar-refractivity contribution is -0.0503. The molecule has 7 heteroatoms. The van der Waals surface area contributed by atoms with Crippen LogP contribution in [0.3, 0.4) is 0 Å². The molecule has 144 valence electrons. The van der Waals surface area contributed by atoms with Crippen LogP contribution in [0, 0.1) is 6.92 Å². The van der Waals surface area contributed by atoms with Crippen molar-refractivity contribution in [1.82, 2.24) is 4.90 Å². The number of likely N-dealkylation sites (N-methyl/N-ethyl adjacent to an activating group) is 1. The largest absolute Gasteiger partial charge is 0.494 e. The van der Waals surface area contributed by atoms with E-state index in [-0.39, 0.29) is 5.75 Å². The van der Waals surface area contributed by atoms with Crippen LogP contribution in [0.4, 0.5) is 8.78 Å². The maximum Gasteiger partial charge on any atom is 0.387 e. The fourth-order valence-electron chi connectivity index (χ4n) is 3.36. The van der Waals surface area contributed by atoms with Gasteiger partial charge in [0.05, 0.1) is 13.2 Å². The van der Waals surface area contributed by atoms with Gasteiger partial charge in [-0.3, -0.25) is 0 Å². The van der Waals surface area contributed by atoms with Crippen molar-refractivity contribution in [2.24, 2.45) is 10.7 Å². The number of aryl methyl sites for hydroxylation is 1. The predicted molar refractivity (Wildman–Crippen MR) is 100 cm³/mol. The fraction of sp³-hybridized carbons (Fsp3) is 0.350. The van der Waals surface area contributed by atoms with E-state index in [4.69, 9.17) is 15.5 Å². The number of alkyl halides is 2. The molecular weight excluding hydrogens is 352 g/mol. The van der Waals surface area contributed by atoms with Crippen LogP contribution >= 0.6 is 0 Å². The highest BCUT2D eigenvalue weighted by Gasteiger charge is 2.41. The van der Waals surface area contributed by atoms with E-state index in [1.165, 1.54) is 0 Å². The zero-order valence-corrected chi connectivity index (χ0v) is 15.6. The molecule has 0 saturated carbocycles. The maximum absolute atomic E-state index is 12.6. The molecular formula is C20H23F2N3O2. The molecule has 0 bridgehead atoms. The summed E-state index contributed by atoms with van der Waals surface area (Å²) in [7, 11) is 1.87. The normalized spacial score (nSPS) is 19.3. The van der Waals surface area contributed by atoms with Crippen molar-refractivity contribution in [2.45, 2.75) is 26.0 Å². The molecule has 1 aliphatic heterocycles. The summed E-state index contributed by atoms with van der Waals surface area (Å²) in [4.78, 5) is 6.62. The highest BCUT2D eigenvalue weighted by molar-refractivity contribution is 5.81. The maximum atomic E-state index is 12.6. The number of hydrogen-bond donors (Lipinski definition) is 1. The number of nitrogens with two attached hydrogens (primary N) is 1. The molecule has 2 aromatic carbocycles. The zero-order chi connectivity index (χ0) is 19.6. The van der Waals surface area contributed by atoms with Crippen molar-refractivity contribution in [3.8, 4) is 11.5 Å². The Morgan fingerprint density at radius 1 is 1.22 bits per heavy atom. The Morgan fingerprint density at radius 2 is 1.96 bits per heavy atom. The molecule has 0 saturated heterocycles. The van der Waals surface area contributed by atoms with Gasteiger partial charge in [0.25, 0.3) is 0 Å². The van der Waals surface area contributed by atoms with Crippen LogP contribution in [0.2, 0.25) is 0 Å². The molecule has 0 fully saturated rings. The number of nitrogens with zero attached hydrogens (tertiary/aromatic N) is 2. The van der Waals surface area contributed by atoms with E-state index in [9.17, 15) is 8.78 Å². The summed E-state index contributed by atoms with van der Waals surface area (Å²) in [6.45, 7) is 1.88. The quantitative estimate of drug-likeness (QED) is 0.840. The SMILES string of the molecule is CCOc1cccc(C2(c3ccc(OC(F)F)c(C)c3)CN(C)C(N)=N2)c1. The van der Waals surface area contributed by atoms with Crippen molar-refractivity contribution >= 4 is 5.96 Å². The minimum Gasteiger partial charge on any atom is -0.494 e. The van der Waals surface area contributed by atoms with E-state index < -0.39 is 12.2 Å². The van der Waals surface area contributed by atoms with Gasteiger partial charge in [0, 0.05) is 7.05 Å². The van der Waals surface area contributed by atoms with Gasteiger partial charge in [-0.2, -0.15) is 8.78 Å². The Bertz CT molecular complexity index is 857. The fourth-order valence-corrected chi connectivity index (χ4v) is 3.36. The van der Waals surface area contributed by atoms with Crippen molar-refractivity contribution in [3.05, 3.63) is 59.2 Å². The van der Waals surface area contributed by atoms with E-state index in [1.54, 1.807) is 19.1 Å². The third-order valence-corrected chi connectivity index (χ3v) is 4.65. The van der Waals surface area contributed by atoms with Crippen LogP contribution in [-0.2, 0) is 5.54 Å². The lowest BCUT2D eigenvalue weighted by atomic mass is 9.83. The molecule has 5 nitrogen and oxygen atoms in total. The van der Waals surface area contributed by atoms with Gasteiger partial charge in [0.1, 0.15) is 17.0 Å². The molecule has 1 unspecified atom stereocenters. The molecule has 0 spiro atoms. The minimum absolute atomic E-state index is 0.148. The number of aliphatic imine (C=N–C) groups is 1. The molecule has 1 aliphatic rings. The van der Waals surface area contributed by atoms with Crippen LogP contribution in [0.1, 0.15) is 23.6 Å². The second-order valence-corrected chi connectivity index (χ2v) is 6.51. The van der Waals surface area contributed by atoms with E-state index in [1.807, 2.05) is 49.2 Å². The minimum atomic E-state index is -2.86. The van der Waals surface area contributed by atoms with Crippen LogP contribution in [0.15, 0.2) is 47.5 Å². The monoisotopic (exact) mass is 375 g/mol. The summed E-state index contributed by atoms with van der Waals surface area (Å²) >= 11 is 0. The van der Waals surface area contributed by atoms with Gasteiger partial charge < -0.3 is 20.1 Å². The molecule has 0 aromatic heterocycles. The lowest BCUT2D eigenvalue weighted by Gasteiger charge is -2.29. The van der Waals surface area contributed by atoms with Crippen molar-refractivity contribution in [1.29, 1.82) is 0 Å². The van der Waals surface area contributed by atoms with Gasteiger partial charge in [0.2, 0.25) is 0 Å². The Kier molecular flexibility index (Phi) is 5.21. The van der Waals surface area contributed by atoms with Crippen LogP contribution < -0.4 is 15.2 Å². The molecule has 1 atom stereocenters. The highest BCUT2D eigenvalue weighted by Crippen LogP contribution is 2.40. The highest BCUT2D eigenvalue weighted by atomic mass is 19.3. The van der Waals surface area contributed by atoms with Crippen LogP contribution in [0.5, 0.6) is 11.5 Å². The summed E-state index contributed by atoms with van der Waals surface area (Å²) in [5.74, 6) is 1.31. The van der Waals surface area contributed by atoms with Crippen LogP contribution in [0.25, 0.3) is 0 Å². The summed E-state index contributed by atoms with van der Waals surface area (Å²) in [6.07, 6.45) is 0. The van der Waals surface area contributed by atoms with Gasteiger partial charge in [-0.05, 0) is 54.8 Å². The molecule has 2 N–H and O–H groups in total. The summed E-state index contributed by atoms with van der Waals surface area (Å²) < 4.78 is 35.4. The summed E-state index contributed by atoms with van der Waals surface area (Å²) in [6, 6.07) is 12.8. The first-order chi connectivity index (χ1) is 12.9. The lowest BCUT2D eigenvalue weighted by Crippen LogP contribution is -2.34. The number of halogens is 2. The average molecular weight is 375 g/mol. The van der Waals surface area contributed by atoms with Gasteiger partial charge >= 0.3 is 6.61 Å². The molecule has 0 aliphatic carbocycles. The van der Waals surface area contributed by atoms with Crippen LogP contribution in [-0.4, -0.2) is 37.7 Å². The van der Waals surface area contributed by atoms with Gasteiger partial charge in [0.15, 0.2) is 5.96 Å². The molecule has 27 heavy (non-hydrogen) atoms. The molecule has 2 aromatic rings. The number of hydrogen-bond acceptors (Lipinski definition) is 5. The molecule has 1 heterocycles. The topological polar surface area (TPSA) is 60.1 Å². The van der Waals surface area contributed by atoms with Gasteiger partial charge in [-0.1, -0.05) is 18.2 Å². The first kappa shape index (κ1) is 18.9. The molecule has 0 radical (unpaired) electrons. The number of ether oxygens (including phenoxy) is 2. The Labute approximate surface area is 157 Å². The van der Waals surface area contributed by atoms with Crippen molar-refractivity contribution in [2.75, 3.05) is 20.2 Å². The molecule has 0 amide bonds. The summed E-state index contributed by atoms with van der Waals surface area (Å²) in [5, 5.41) is 0. The number of guanidine groups is 1. The van der Waals surface area contributed by atoms with E-state index in [0.29, 0.717) is 24.7 Å². The van der Waals surface area contributed by atoms with E-state index >= 15 is 0 Å². The first-order valence-electron chi connectivity index (χ1n) is 8.71. The zero-order valence-electron chi connectivity index (χ0n) is 15.6. The van der Waals surface area contributed by atoms with E-state index in [2.05, 4.69) is 4.74 Å². The number of benzene rings is 2. The summed E-state index contributed by atoms with van der Waals surface area (Å²) in [5.41, 5.74) is 7.71. The average Bonchev–Trinajstić information content (AvgIpc) is 2.93. The third kappa shape index (κ3) is 3.67. The third-order valence-electron chi connectivity index (χ3n) is 4.65. The Hall–Kier alpha value is -2.83. The van der Waals surface area contributed by atoms with Gasteiger partial charge in [-0.15, -0.1) is 0 Å². The second kappa shape index (κ2) is 7.42. The standard InChI is InChI=1S/C20H23F2N3O2/c1-4-26-16-7-5-6-14(11-16)20(12-25(3)19(23)24-20)15-8-9-17(13(2)10-15)27-18(21)22/h5-11,18H,4,12H2,1-3H3,(H2,23,24).